The minimum absolute atomic E-state index is 0. The Morgan fingerprint density at radius 1 is 1.43 bits per heavy atom. The van der Waals surface area contributed by atoms with Gasteiger partial charge in [-0.15, -0.1) is 0 Å². The molecule has 0 aliphatic carbocycles. The van der Waals surface area contributed by atoms with Gasteiger partial charge < -0.3 is 28.9 Å². The van der Waals surface area contributed by atoms with Gasteiger partial charge in [0.2, 0.25) is 0 Å². The van der Waals surface area contributed by atoms with E-state index in [9.17, 15) is 0 Å². The quantitative estimate of drug-likeness (QED) is 0.492. The van der Waals surface area contributed by atoms with E-state index < -0.39 is 0 Å². The van der Waals surface area contributed by atoms with Gasteiger partial charge in [-0.05, 0) is 22.6 Å². The molecule has 1 nitrogen and oxygen atoms in total. The Hall–Kier alpha value is 1.16. The van der Waals surface area contributed by atoms with Gasteiger partial charge in [-0.1, -0.05) is 0 Å². The van der Waals surface area contributed by atoms with Gasteiger partial charge >= 0.3 is 0 Å². The third-order valence-corrected chi connectivity index (χ3v) is 0.756. The van der Waals surface area contributed by atoms with Crippen LogP contribution in [0.3, 0.4) is 0 Å². The number of nitrogens with one attached hydrogen (secondary N) is 1. The van der Waals surface area contributed by atoms with E-state index in [1.165, 1.54) is 4.90 Å². The van der Waals surface area contributed by atoms with E-state index in [1.807, 2.05) is 4.08 Å². The zero-order chi connectivity index (χ0) is 4.99. The van der Waals surface area contributed by atoms with Crippen LogP contribution >= 0.6 is 22.6 Å². The molecule has 7 heavy (non-hydrogen) atoms. The zero-order valence-electron chi connectivity index (χ0n) is 4.41. The summed E-state index contributed by atoms with van der Waals surface area (Å²) in [6, 6.07) is 0. The van der Waals surface area contributed by atoms with Crippen LogP contribution in [0.5, 0.6) is 0 Å². The van der Waals surface area contributed by atoms with Crippen molar-refractivity contribution in [2.24, 2.45) is 0 Å². The Labute approximate surface area is 75.3 Å². The lowest BCUT2D eigenvalue weighted by Crippen LogP contribution is -3.00. The summed E-state index contributed by atoms with van der Waals surface area (Å²) in [6.07, 6.45) is 2.07. The summed E-state index contributed by atoms with van der Waals surface area (Å²) in [5.74, 6) is 0. The van der Waals surface area contributed by atoms with E-state index in [0.29, 0.717) is 0 Å². The summed E-state index contributed by atoms with van der Waals surface area (Å²) < 4.78 is 2.01. The third kappa shape index (κ3) is 11.0. The lowest BCUT2D eigenvalue weighted by atomic mass is 10.9. The summed E-state index contributed by atoms with van der Waals surface area (Å²) in [5.41, 5.74) is 0. The molecule has 0 aliphatic heterocycles. The van der Waals surface area contributed by atoms with Crippen LogP contribution in [0, 0.1) is 0 Å². The van der Waals surface area contributed by atoms with Crippen molar-refractivity contribution in [3.8, 4) is 0 Å². The van der Waals surface area contributed by atoms with Crippen LogP contribution in [0.15, 0.2) is 10.3 Å². The SMILES string of the molecule is C[NH+](C)C=CI.[I-]. The molecule has 0 radical (unpaired) electrons. The summed E-state index contributed by atoms with van der Waals surface area (Å²) in [6.45, 7) is 0. The highest BCUT2D eigenvalue weighted by atomic mass is 127. The molecule has 0 saturated heterocycles. The van der Waals surface area contributed by atoms with Gasteiger partial charge in [0.05, 0.1) is 20.3 Å². The molecule has 0 saturated carbocycles. The lowest BCUT2D eigenvalue weighted by molar-refractivity contribution is -0.801. The molecule has 0 spiro atoms. The van der Waals surface area contributed by atoms with Crippen molar-refractivity contribution in [2.45, 2.75) is 0 Å². The van der Waals surface area contributed by atoms with Gasteiger partial charge in [0, 0.05) is 4.08 Å². The van der Waals surface area contributed by atoms with Crippen LogP contribution in [0.25, 0.3) is 0 Å². The second-order valence-electron chi connectivity index (χ2n) is 1.37. The predicted molar refractivity (Wildman–Crippen MR) is 36.0 cm³/mol. The van der Waals surface area contributed by atoms with Gasteiger partial charge in [0.25, 0.3) is 0 Å². The molecule has 0 aliphatic rings. The molecule has 0 aromatic rings. The molecule has 0 amide bonds. The molecule has 0 rings (SSSR count). The number of hydrogen-bond acceptors (Lipinski definition) is 0. The molecule has 0 aromatic heterocycles. The van der Waals surface area contributed by atoms with E-state index in [0.717, 1.165) is 0 Å². The molecule has 0 unspecified atom stereocenters. The summed E-state index contributed by atoms with van der Waals surface area (Å²) in [7, 11) is 4.16. The lowest BCUT2D eigenvalue weighted by Gasteiger charge is -1.92. The van der Waals surface area contributed by atoms with Gasteiger partial charge in [0.1, 0.15) is 0 Å². The first-order valence-corrected chi connectivity index (χ1v) is 3.09. The normalized spacial score (nSPS) is 9.71. The number of hydrogen-bond donors (Lipinski definition) is 1. The molecule has 0 bridgehead atoms. The average Bonchev–Trinajstić information content (AvgIpc) is 1.35. The standard InChI is InChI=1S/C4H8IN.HI/c1-6(2)4-3-5;/h3-4H,1-2H3;1H. The predicted octanol–water partition coefficient (Wildman–Crippen LogP) is -2.96. The molecule has 3 heteroatoms. The van der Waals surface area contributed by atoms with Crippen LogP contribution in [0.1, 0.15) is 0 Å². The number of halogens is 2. The number of quaternary nitrogens is 1. The topological polar surface area (TPSA) is 4.44 Å². The number of rotatable bonds is 1. The fraction of sp³-hybridized carbons (Fsp3) is 0.500. The van der Waals surface area contributed by atoms with Crippen molar-refractivity contribution < 1.29 is 28.9 Å². The Morgan fingerprint density at radius 3 is 1.86 bits per heavy atom. The van der Waals surface area contributed by atoms with E-state index in [1.54, 1.807) is 0 Å². The summed E-state index contributed by atoms with van der Waals surface area (Å²) >= 11 is 2.20. The maximum Gasteiger partial charge on any atom is 0.0999 e. The van der Waals surface area contributed by atoms with Crippen LogP contribution in [0.4, 0.5) is 0 Å². The fourth-order valence-corrected chi connectivity index (χ4v) is 0.845. The highest BCUT2D eigenvalue weighted by Crippen LogP contribution is 1.74. The molecule has 0 heterocycles. The van der Waals surface area contributed by atoms with Crippen molar-refractivity contribution in [3.63, 3.8) is 0 Å². The Balaban J connectivity index is 0. The minimum Gasteiger partial charge on any atom is -1.00 e. The Morgan fingerprint density at radius 2 is 1.86 bits per heavy atom. The van der Waals surface area contributed by atoms with Crippen molar-refractivity contribution in [3.05, 3.63) is 10.3 Å². The van der Waals surface area contributed by atoms with Crippen molar-refractivity contribution in [2.75, 3.05) is 14.1 Å². The molecule has 44 valence electrons. The molecule has 0 aromatic carbocycles. The van der Waals surface area contributed by atoms with Crippen molar-refractivity contribution >= 4 is 22.6 Å². The van der Waals surface area contributed by atoms with Gasteiger partial charge in [-0.2, -0.15) is 0 Å². The van der Waals surface area contributed by atoms with E-state index in [4.69, 9.17) is 0 Å². The molecule has 0 fully saturated rings. The zero-order valence-corrected chi connectivity index (χ0v) is 8.73. The second-order valence-corrected chi connectivity index (χ2v) is 2.09. The average molecular weight is 325 g/mol. The fourth-order valence-electron chi connectivity index (χ4n) is 0.126. The monoisotopic (exact) mass is 325 g/mol. The van der Waals surface area contributed by atoms with Crippen LogP contribution in [0.2, 0.25) is 0 Å². The van der Waals surface area contributed by atoms with Crippen LogP contribution < -0.4 is 28.9 Å². The van der Waals surface area contributed by atoms with Gasteiger partial charge in [-0.25, -0.2) is 0 Å². The highest BCUT2D eigenvalue weighted by molar-refractivity contribution is 14.1. The Bertz CT molecular complexity index is 51.7. The van der Waals surface area contributed by atoms with E-state index >= 15 is 0 Å². The first kappa shape index (κ1) is 11.0. The van der Waals surface area contributed by atoms with Gasteiger partial charge in [-0.3, -0.25) is 0 Å². The van der Waals surface area contributed by atoms with E-state index in [2.05, 4.69) is 42.9 Å². The molecular weight excluding hydrogens is 316 g/mol. The summed E-state index contributed by atoms with van der Waals surface area (Å²) in [4.78, 5) is 1.35. The van der Waals surface area contributed by atoms with Crippen molar-refractivity contribution in [1.82, 2.24) is 0 Å². The second kappa shape index (κ2) is 7.16. The first-order valence-electron chi connectivity index (χ1n) is 1.84. The first-order chi connectivity index (χ1) is 2.77. The highest BCUT2D eigenvalue weighted by Gasteiger charge is 1.73. The largest absolute Gasteiger partial charge is 1.00 e. The minimum atomic E-state index is 0. The maximum atomic E-state index is 2.20. The van der Waals surface area contributed by atoms with Crippen molar-refractivity contribution in [1.29, 1.82) is 0 Å². The van der Waals surface area contributed by atoms with E-state index in [-0.39, 0.29) is 24.0 Å². The molecule has 1 N–H and O–H groups in total. The Kier molecular flexibility index (Phi) is 11.3. The van der Waals surface area contributed by atoms with Gasteiger partial charge in [0.15, 0.2) is 0 Å². The van der Waals surface area contributed by atoms with Crippen LogP contribution in [-0.4, -0.2) is 14.1 Å². The smallest absolute Gasteiger partial charge is 0.0999 e. The molecular formula is C4H9I2N. The third-order valence-electron chi connectivity index (χ3n) is 0.396. The molecule has 0 atom stereocenters. The van der Waals surface area contributed by atoms with Crippen LogP contribution in [-0.2, 0) is 0 Å². The summed E-state index contributed by atoms with van der Waals surface area (Å²) in [5, 5.41) is 0. The maximum absolute atomic E-state index is 2.20.